The molecule has 0 rings (SSSR count). The van der Waals surface area contributed by atoms with Crippen LogP contribution in [-0.4, -0.2) is 24.9 Å². The molecule has 1 atom stereocenters. The molecule has 0 fully saturated rings. The van der Waals surface area contributed by atoms with E-state index in [4.69, 9.17) is 10.5 Å². The van der Waals surface area contributed by atoms with Crippen LogP contribution in [0.2, 0.25) is 0 Å². The molecule has 86 valence electrons. The monoisotopic (exact) mass is 213 g/mol. The number of ether oxygens (including phenoxy) is 1. The molecule has 0 spiro atoms. The third kappa shape index (κ3) is 4.81. The number of nitrogens with two attached hydrogens (primary N) is 1. The molecule has 0 aromatic heterocycles. The van der Waals surface area contributed by atoms with Gasteiger partial charge in [-0.1, -0.05) is 6.92 Å². The SMILES string of the molecule is CCC(C)(C)OCC(CN)C(F)(F)F. The third-order valence-electron chi connectivity index (χ3n) is 2.27. The molecule has 0 aliphatic carbocycles. The summed E-state index contributed by atoms with van der Waals surface area (Å²) in [4.78, 5) is 0. The van der Waals surface area contributed by atoms with Gasteiger partial charge in [0.1, 0.15) is 0 Å². The number of rotatable bonds is 5. The minimum absolute atomic E-state index is 0.360. The zero-order valence-electron chi connectivity index (χ0n) is 8.82. The number of hydrogen-bond donors (Lipinski definition) is 1. The molecule has 5 heteroatoms. The Morgan fingerprint density at radius 1 is 1.29 bits per heavy atom. The predicted octanol–water partition coefficient (Wildman–Crippen LogP) is 2.33. The van der Waals surface area contributed by atoms with Gasteiger partial charge in [-0.3, -0.25) is 0 Å². The number of alkyl halides is 3. The Balaban J connectivity index is 4.10. The fraction of sp³-hybridized carbons (Fsp3) is 1.00. The molecule has 0 aliphatic heterocycles. The Labute approximate surface area is 82.6 Å². The summed E-state index contributed by atoms with van der Waals surface area (Å²) in [6, 6.07) is 0. The van der Waals surface area contributed by atoms with Crippen molar-refractivity contribution in [2.75, 3.05) is 13.2 Å². The highest BCUT2D eigenvalue weighted by Gasteiger charge is 2.39. The quantitative estimate of drug-likeness (QED) is 0.760. The van der Waals surface area contributed by atoms with Crippen molar-refractivity contribution < 1.29 is 17.9 Å². The van der Waals surface area contributed by atoms with E-state index in [2.05, 4.69) is 0 Å². The fourth-order valence-electron chi connectivity index (χ4n) is 0.724. The van der Waals surface area contributed by atoms with Crippen molar-refractivity contribution >= 4 is 0 Å². The predicted molar refractivity (Wildman–Crippen MR) is 48.9 cm³/mol. The molecule has 0 amide bonds. The molecule has 0 aromatic rings. The van der Waals surface area contributed by atoms with Crippen molar-refractivity contribution in [1.82, 2.24) is 0 Å². The molecule has 1 unspecified atom stereocenters. The van der Waals surface area contributed by atoms with Crippen molar-refractivity contribution in [3.8, 4) is 0 Å². The van der Waals surface area contributed by atoms with Gasteiger partial charge >= 0.3 is 6.18 Å². The molecule has 0 saturated carbocycles. The van der Waals surface area contributed by atoms with Crippen molar-refractivity contribution in [3.05, 3.63) is 0 Å². The van der Waals surface area contributed by atoms with E-state index in [0.29, 0.717) is 6.42 Å². The van der Waals surface area contributed by atoms with Gasteiger partial charge in [0, 0.05) is 6.54 Å². The van der Waals surface area contributed by atoms with E-state index >= 15 is 0 Å². The van der Waals surface area contributed by atoms with Gasteiger partial charge < -0.3 is 10.5 Å². The maximum atomic E-state index is 12.2. The minimum atomic E-state index is -4.27. The van der Waals surface area contributed by atoms with Crippen LogP contribution in [0.5, 0.6) is 0 Å². The zero-order valence-corrected chi connectivity index (χ0v) is 8.82. The van der Waals surface area contributed by atoms with Crippen molar-refractivity contribution in [2.45, 2.75) is 39.0 Å². The normalized spacial score (nSPS) is 15.6. The van der Waals surface area contributed by atoms with Crippen LogP contribution in [0, 0.1) is 5.92 Å². The standard InChI is InChI=1S/C9H18F3NO/c1-4-8(2,3)14-6-7(5-13)9(10,11)12/h7H,4-6,13H2,1-3H3. The van der Waals surface area contributed by atoms with E-state index in [-0.39, 0.29) is 6.61 Å². The lowest BCUT2D eigenvalue weighted by atomic mass is 10.1. The zero-order chi connectivity index (χ0) is 11.4. The maximum Gasteiger partial charge on any atom is 0.395 e. The molecular formula is C9H18F3NO. The van der Waals surface area contributed by atoms with Crippen LogP contribution in [0.4, 0.5) is 13.2 Å². The highest BCUT2D eigenvalue weighted by molar-refractivity contribution is 4.71. The van der Waals surface area contributed by atoms with E-state index in [1.165, 1.54) is 0 Å². The van der Waals surface area contributed by atoms with Crippen LogP contribution < -0.4 is 5.73 Å². The molecule has 0 bridgehead atoms. The third-order valence-corrected chi connectivity index (χ3v) is 2.27. The maximum absolute atomic E-state index is 12.2. The van der Waals surface area contributed by atoms with Crippen LogP contribution in [0.15, 0.2) is 0 Å². The first-order valence-corrected chi connectivity index (χ1v) is 4.63. The molecule has 0 heterocycles. The van der Waals surface area contributed by atoms with Gasteiger partial charge in [0.15, 0.2) is 0 Å². The molecule has 0 radical (unpaired) electrons. The topological polar surface area (TPSA) is 35.2 Å². The van der Waals surface area contributed by atoms with Gasteiger partial charge in [-0.2, -0.15) is 13.2 Å². The summed E-state index contributed by atoms with van der Waals surface area (Å²) in [6.07, 6.45) is -3.60. The minimum Gasteiger partial charge on any atom is -0.375 e. The van der Waals surface area contributed by atoms with Crippen LogP contribution in [0.3, 0.4) is 0 Å². The first kappa shape index (κ1) is 13.7. The lowest BCUT2D eigenvalue weighted by Gasteiger charge is -2.27. The van der Waals surface area contributed by atoms with Gasteiger partial charge in [-0.05, 0) is 20.3 Å². The van der Waals surface area contributed by atoms with Crippen molar-refractivity contribution in [3.63, 3.8) is 0 Å². The molecule has 2 N–H and O–H groups in total. The number of halogens is 3. The van der Waals surface area contributed by atoms with Crippen LogP contribution >= 0.6 is 0 Å². The van der Waals surface area contributed by atoms with E-state index in [1.54, 1.807) is 13.8 Å². The number of hydrogen-bond acceptors (Lipinski definition) is 2. The highest BCUT2D eigenvalue weighted by atomic mass is 19.4. The van der Waals surface area contributed by atoms with Gasteiger partial charge in [-0.25, -0.2) is 0 Å². The second-order valence-corrected chi connectivity index (χ2v) is 3.90. The largest absolute Gasteiger partial charge is 0.395 e. The summed E-state index contributed by atoms with van der Waals surface area (Å²) >= 11 is 0. The Morgan fingerprint density at radius 3 is 2.07 bits per heavy atom. The molecule has 0 aliphatic rings. The molecule has 0 saturated heterocycles. The first-order valence-electron chi connectivity index (χ1n) is 4.63. The second-order valence-electron chi connectivity index (χ2n) is 3.90. The summed E-state index contributed by atoms with van der Waals surface area (Å²) < 4.78 is 41.9. The van der Waals surface area contributed by atoms with Gasteiger partial charge in [0.25, 0.3) is 0 Å². The van der Waals surface area contributed by atoms with Crippen LogP contribution in [0.1, 0.15) is 27.2 Å². The van der Waals surface area contributed by atoms with Crippen LogP contribution in [-0.2, 0) is 4.74 Å². The molecular weight excluding hydrogens is 195 g/mol. The van der Waals surface area contributed by atoms with Gasteiger partial charge in [-0.15, -0.1) is 0 Å². The van der Waals surface area contributed by atoms with Crippen molar-refractivity contribution in [2.24, 2.45) is 11.7 Å². The van der Waals surface area contributed by atoms with Crippen molar-refractivity contribution in [1.29, 1.82) is 0 Å². The summed E-state index contributed by atoms with van der Waals surface area (Å²) in [5.74, 6) is -1.56. The summed E-state index contributed by atoms with van der Waals surface area (Å²) in [5.41, 5.74) is 4.51. The summed E-state index contributed by atoms with van der Waals surface area (Å²) in [7, 11) is 0. The summed E-state index contributed by atoms with van der Waals surface area (Å²) in [5, 5.41) is 0. The Kier molecular flexibility index (Phi) is 4.88. The van der Waals surface area contributed by atoms with Gasteiger partial charge in [0.05, 0.1) is 18.1 Å². The lowest BCUT2D eigenvalue weighted by Crippen LogP contribution is -2.37. The average molecular weight is 213 g/mol. The molecule has 14 heavy (non-hydrogen) atoms. The summed E-state index contributed by atoms with van der Waals surface area (Å²) in [6.45, 7) is 4.60. The fourth-order valence-corrected chi connectivity index (χ4v) is 0.724. The second kappa shape index (κ2) is 4.98. The Morgan fingerprint density at radius 2 is 1.79 bits per heavy atom. The van der Waals surface area contributed by atoms with Gasteiger partial charge in [0.2, 0.25) is 0 Å². The Hall–Kier alpha value is -0.290. The smallest absolute Gasteiger partial charge is 0.375 e. The average Bonchev–Trinajstić information content (AvgIpc) is 2.03. The Bertz CT molecular complexity index is 168. The molecule has 0 aromatic carbocycles. The van der Waals surface area contributed by atoms with E-state index in [9.17, 15) is 13.2 Å². The van der Waals surface area contributed by atoms with E-state index < -0.39 is 24.2 Å². The molecule has 2 nitrogen and oxygen atoms in total. The highest BCUT2D eigenvalue weighted by Crippen LogP contribution is 2.27. The first-order chi connectivity index (χ1) is 6.23. The van der Waals surface area contributed by atoms with E-state index in [1.807, 2.05) is 6.92 Å². The lowest BCUT2D eigenvalue weighted by molar-refractivity contribution is -0.195. The van der Waals surface area contributed by atoms with E-state index in [0.717, 1.165) is 0 Å². The van der Waals surface area contributed by atoms with Crippen LogP contribution in [0.25, 0.3) is 0 Å².